The molecule has 0 aromatic heterocycles. The first-order valence-corrected chi connectivity index (χ1v) is 2.83. The van der Waals surface area contributed by atoms with Gasteiger partial charge in [-0.2, -0.15) is 13.2 Å². The van der Waals surface area contributed by atoms with E-state index < -0.39 is 18.0 Å². The Morgan fingerprint density at radius 3 is 2.55 bits per heavy atom. The normalized spacial score (nSPS) is 24.4. The van der Waals surface area contributed by atoms with Crippen LogP contribution in [0.3, 0.4) is 0 Å². The molecular weight excluding hydrogens is 159 g/mol. The number of rotatable bonds is 0. The Labute approximate surface area is 60.8 Å². The molecule has 0 amide bonds. The van der Waals surface area contributed by atoms with Crippen LogP contribution in [0.1, 0.15) is 0 Å². The lowest BCUT2D eigenvalue weighted by molar-refractivity contribution is -0.0929. The van der Waals surface area contributed by atoms with Crippen LogP contribution in [0.15, 0.2) is 16.8 Å². The Kier molecular flexibility index (Phi) is 1.86. The number of nitrogens with zero attached hydrogens (tertiary/aromatic N) is 1. The fourth-order valence-electron chi connectivity index (χ4n) is 0.622. The van der Waals surface area contributed by atoms with Crippen LogP contribution < -0.4 is 11.1 Å². The highest BCUT2D eigenvalue weighted by Crippen LogP contribution is 2.26. The molecule has 1 unspecified atom stereocenters. The van der Waals surface area contributed by atoms with Gasteiger partial charge >= 0.3 is 6.18 Å². The molecule has 0 spiro atoms. The van der Waals surface area contributed by atoms with E-state index in [0.717, 1.165) is 12.4 Å². The summed E-state index contributed by atoms with van der Waals surface area (Å²) >= 11 is 0. The van der Waals surface area contributed by atoms with Crippen LogP contribution >= 0.6 is 0 Å². The van der Waals surface area contributed by atoms with E-state index in [0.29, 0.717) is 0 Å². The van der Waals surface area contributed by atoms with E-state index in [9.17, 15) is 13.2 Å². The molecule has 3 N–H and O–H groups in total. The van der Waals surface area contributed by atoms with Gasteiger partial charge in [-0.3, -0.25) is 0 Å². The van der Waals surface area contributed by atoms with Crippen molar-refractivity contribution in [3.63, 3.8) is 0 Å². The van der Waals surface area contributed by atoms with E-state index in [1.165, 1.54) is 0 Å². The third-order valence-corrected chi connectivity index (χ3v) is 1.10. The van der Waals surface area contributed by atoms with Gasteiger partial charge in [0.25, 0.3) is 0 Å². The molecule has 1 aliphatic heterocycles. The molecule has 3 nitrogen and oxygen atoms in total. The van der Waals surface area contributed by atoms with Crippen LogP contribution in [0.4, 0.5) is 13.2 Å². The number of allylic oxidation sites excluding steroid dienone is 1. The van der Waals surface area contributed by atoms with Crippen molar-refractivity contribution in [3.8, 4) is 0 Å². The summed E-state index contributed by atoms with van der Waals surface area (Å²) < 4.78 is 35.5. The van der Waals surface area contributed by atoms with Crippen molar-refractivity contribution in [1.29, 1.82) is 0 Å². The zero-order chi connectivity index (χ0) is 8.48. The molecular formula is C5H6F3N3. The molecule has 1 atom stereocenters. The Bertz CT molecular complexity index is 206. The third-order valence-electron chi connectivity index (χ3n) is 1.10. The lowest BCUT2D eigenvalue weighted by atomic mass is 10.3. The highest BCUT2D eigenvalue weighted by Gasteiger charge is 2.34. The average molecular weight is 165 g/mol. The average Bonchev–Trinajstić information content (AvgIpc) is 1.86. The van der Waals surface area contributed by atoms with Gasteiger partial charge in [-0.25, -0.2) is 4.99 Å². The van der Waals surface area contributed by atoms with E-state index in [2.05, 4.69) is 10.3 Å². The first kappa shape index (κ1) is 8.06. The topological polar surface area (TPSA) is 50.4 Å². The van der Waals surface area contributed by atoms with Gasteiger partial charge in [0.15, 0.2) is 0 Å². The van der Waals surface area contributed by atoms with Crippen LogP contribution in [0.25, 0.3) is 0 Å². The van der Waals surface area contributed by atoms with Crippen LogP contribution in [0.2, 0.25) is 0 Å². The molecule has 0 aromatic carbocycles. The Morgan fingerprint density at radius 1 is 1.55 bits per heavy atom. The Morgan fingerprint density at radius 2 is 2.18 bits per heavy atom. The second-order valence-electron chi connectivity index (χ2n) is 2.00. The standard InChI is InChI=1S/C5H6F3N3/c6-5(7,8)3-1-4(9)11-2-10-3/h1-2,4H,9H2,(H,10,11). The van der Waals surface area contributed by atoms with Gasteiger partial charge in [0.2, 0.25) is 0 Å². The van der Waals surface area contributed by atoms with Crippen molar-refractivity contribution in [1.82, 2.24) is 5.32 Å². The molecule has 0 fully saturated rings. The lowest BCUT2D eigenvalue weighted by Gasteiger charge is -2.15. The summed E-state index contributed by atoms with van der Waals surface area (Å²) in [7, 11) is 0. The molecule has 11 heavy (non-hydrogen) atoms. The van der Waals surface area contributed by atoms with Crippen LogP contribution in [-0.2, 0) is 0 Å². The second kappa shape index (κ2) is 2.54. The maximum absolute atomic E-state index is 11.8. The fraction of sp³-hybridized carbons (Fsp3) is 0.400. The van der Waals surface area contributed by atoms with Crippen LogP contribution in [-0.4, -0.2) is 18.7 Å². The van der Waals surface area contributed by atoms with Crippen LogP contribution in [0, 0.1) is 0 Å². The van der Waals surface area contributed by atoms with Crippen molar-refractivity contribution in [2.75, 3.05) is 0 Å². The lowest BCUT2D eigenvalue weighted by Crippen LogP contribution is -2.38. The first-order chi connectivity index (χ1) is 5.00. The molecule has 0 aliphatic carbocycles. The van der Waals surface area contributed by atoms with Gasteiger partial charge in [0.1, 0.15) is 5.70 Å². The predicted molar refractivity (Wildman–Crippen MR) is 33.7 cm³/mol. The van der Waals surface area contributed by atoms with Gasteiger partial charge in [0.05, 0.1) is 12.5 Å². The van der Waals surface area contributed by atoms with E-state index in [-0.39, 0.29) is 0 Å². The highest BCUT2D eigenvalue weighted by atomic mass is 19.4. The quantitative estimate of drug-likeness (QED) is 0.544. The monoisotopic (exact) mass is 165 g/mol. The second-order valence-corrected chi connectivity index (χ2v) is 2.00. The van der Waals surface area contributed by atoms with E-state index >= 15 is 0 Å². The summed E-state index contributed by atoms with van der Waals surface area (Å²) in [4.78, 5) is 3.07. The van der Waals surface area contributed by atoms with Gasteiger partial charge in [-0.1, -0.05) is 0 Å². The third kappa shape index (κ3) is 1.94. The summed E-state index contributed by atoms with van der Waals surface area (Å²) in [5, 5.41) is 2.39. The summed E-state index contributed by atoms with van der Waals surface area (Å²) in [6, 6.07) is 0. The maximum Gasteiger partial charge on any atom is 0.433 e. The number of alkyl halides is 3. The van der Waals surface area contributed by atoms with Gasteiger partial charge in [-0.15, -0.1) is 0 Å². The molecule has 1 rings (SSSR count). The molecule has 6 heteroatoms. The summed E-state index contributed by atoms with van der Waals surface area (Å²) in [5.41, 5.74) is 4.19. The summed E-state index contributed by atoms with van der Waals surface area (Å²) in [6.07, 6.45) is -3.45. The minimum absolute atomic E-state index is 0.802. The smallest absolute Gasteiger partial charge is 0.357 e. The largest absolute Gasteiger partial charge is 0.433 e. The van der Waals surface area contributed by atoms with Crippen molar-refractivity contribution in [2.24, 2.45) is 10.7 Å². The molecule has 0 bridgehead atoms. The van der Waals surface area contributed by atoms with Crippen molar-refractivity contribution >= 4 is 6.34 Å². The van der Waals surface area contributed by atoms with Crippen molar-refractivity contribution < 1.29 is 13.2 Å². The zero-order valence-electron chi connectivity index (χ0n) is 5.39. The number of hydrogen-bond donors (Lipinski definition) is 2. The number of nitrogens with one attached hydrogen (secondary N) is 1. The molecule has 1 heterocycles. The van der Waals surface area contributed by atoms with Crippen molar-refractivity contribution in [2.45, 2.75) is 12.3 Å². The summed E-state index contributed by atoms with van der Waals surface area (Å²) in [5.74, 6) is 0. The fourth-order valence-corrected chi connectivity index (χ4v) is 0.622. The summed E-state index contributed by atoms with van der Waals surface area (Å²) in [6.45, 7) is 0. The molecule has 0 saturated heterocycles. The number of nitrogens with two attached hydrogens (primary N) is 1. The molecule has 0 radical (unpaired) electrons. The van der Waals surface area contributed by atoms with E-state index in [1.54, 1.807) is 0 Å². The van der Waals surface area contributed by atoms with E-state index in [4.69, 9.17) is 5.73 Å². The number of hydrogen-bond acceptors (Lipinski definition) is 3. The van der Waals surface area contributed by atoms with Gasteiger partial charge in [0, 0.05) is 0 Å². The molecule has 0 aromatic rings. The van der Waals surface area contributed by atoms with Crippen molar-refractivity contribution in [3.05, 3.63) is 11.8 Å². The number of aliphatic imine (C=N–C) groups is 1. The highest BCUT2D eigenvalue weighted by molar-refractivity contribution is 5.59. The molecule has 62 valence electrons. The minimum atomic E-state index is -4.41. The first-order valence-electron chi connectivity index (χ1n) is 2.83. The SMILES string of the molecule is NC1C=C(C(F)(F)F)N=CN1. The van der Waals surface area contributed by atoms with Gasteiger partial charge in [-0.05, 0) is 6.08 Å². The number of halogens is 3. The zero-order valence-corrected chi connectivity index (χ0v) is 5.39. The van der Waals surface area contributed by atoms with Gasteiger partial charge < -0.3 is 11.1 Å². The Balaban J connectivity index is 2.80. The maximum atomic E-state index is 11.8. The van der Waals surface area contributed by atoms with Crippen LogP contribution in [0.5, 0.6) is 0 Å². The molecule has 1 aliphatic rings. The Hall–Kier alpha value is -1.04. The van der Waals surface area contributed by atoms with E-state index in [1.807, 2.05) is 0 Å². The minimum Gasteiger partial charge on any atom is -0.357 e. The molecule has 0 saturated carbocycles. The predicted octanol–water partition coefficient (Wildman–Crippen LogP) is 0.349.